The zero-order valence-corrected chi connectivity index (χ0v) is 20.2. The largest absolute Gasteiger partial charge is 0.489 e. The van der Waals surface area contributed by atoms with Gasteiger partial charge in [0.2, 0.25) is 0 Å². The van der Waals surface area contributed by atoms with Crippen LogP contribution in [-0.2, 0) is 23.5 Å². The lowest BCUT2D eigenvalue weighted by Crippen LogP contribution is -2.52. The van der Waals surface area contributed by atoms with Gasteiger partial charge in [0, 0.05) is 28.8 Å². The van der Waals surface area contributed by atoms with Gasteiger partial charge in [-0.1, -0.05) is 48.5 Å². The third-order valence-corrected chi connectivity index (χ3v) is 6.92. The molecule has 1 atom stereocenters. The van der Waals surface area contributed by atoms with E-state index in [2.05, 4.69) is 15.6 Å². The first-order valence-electron chi connectivity index (χ1n) is 12.0. The maximum atomic E-state index is 13.3. The van der Waals surface area contributed by atoms with Crippen molar-refractivity contribution in [2.45, 2.75) is 25.6 Å². The third kappa shape index (κ3) is 3.96. The van der Waals surface area contributed by atoms with E-state index in [1.54, 1.807) is 41.3 Å². The molecule has 4 amide bonds. The monoisotopic (exact) mass is 492 g/mol. The van der Waals surface area contributed by atoms with Crippen LogP contribution in [0.4, 0.5) is 4.79 Å². The van der Waals surface area contributed by atoms with Gasteiger partial charge < -0.3 is 15.0 Å². The van der Waals surface area contributed by atoms with Gasteiger partial charge in [0.05, 0.1) is 12.1 Å². The van der Waals surface area contributed by atoms with Crippen molar-refractivity contribution in [2.24, 2.45) is 0 Å². The summed E-state index contributed by atoms with van der Waals surface area (Å²) in [4.78, 5) is 44.4. The Hall–Kier alpha value is -4.72. The lowest BCUT2D eigenvalue weighted by molar-refractivity contribution is -0.124. The normalized spacial score (nSPS) is 18.6. The number of urea groups is 1. The SMILES string of the molecule is Cc1cc(COc2ccc3c(c2)CN(C[C@@]2(c4ccccc4)NC(=O)NC2=O)C3=O)c2ccccc2n1. The lowest BCUT2D eigenvalue weighted by atomic mass is 9.89. The van der Waals surface area contributed by atoms with Crippen molar-refractivity contribution in [1.29, 1.82) is 0 Å². The minimum Gasteiger partial charge on any atom is -0.489 e. The van der Waals surface area contributed by atoms with Crippen LogP contribution in [0.15, 0.2) is 78.9 Å². The maximum Gasteiger partial charge on any atom is 0.322 e. The molecule has 2 N–H and O–H groups in total. The second-order valence-electron chi connectivity index (χ2n) is 9.39. The zero-order chi connectivity index (χ0) is 25.6. The molecule has 0 unspecified atom stereocenters. The van der Waals surface area contributed by atoms with Gasteiger partial charge in [-0.3, -0.25) is 19.9 Å². The van der Waals surface area contributed by atoms with E-state index in [-0.39, 0.29) is 12.5 Å². The summed E-state index contributed by atoms with van der Waals surface area (Å²) in [5, 5.41) is 6.12. The lowest BCUT2D eigenvalue weighted by Gasteiger charge is -2.31. The number of nitrogens with zero attached hydrogens (tertiary/aromatic N) is 2. The number of aryl methyl sites for hydroxylation is 1. The van der Waals surface area contributed by atoms with Crippen LogP contribution in [-0.4, -0.2) is 34.3 Å². The molecule has 0 saturated carbocycles. The van der Waals surface area contributed by atoms with E-state index in [0.29, 0.717) is 30.0 Å². The number of imide groups is 1. The zero-order valence-electron chi connectivity index (χ0n) is 20.2. The number of rotatable bonds is 6. The first-order chi connectivity index (χ1) is 17.9. The highest BCUT2D eigenvalue weighted by Crippen LogP contribution is 2.33. The second-order valence-corrected chi connectivity index (χ2v) is 9.39. The minimum absolute atomic E-state index is 0.0145. The molecule has 4 aromatic rings. The molecule has 0 radical (unpaired) electrons. The summed E-state index contributed by atoms with van der Waals surface area (Å²) in [6.45, 7) is 2.64. The van der Waals surface area contributed by atoms with Crippen molar-refractivity contribution < 1.29 is 19.1 Å². The first kappa shape index (κ1) is 22.7. The number of hydrogen-bond acceptors (Lipinski definition) is 5. The summed E-state index contributed by atoms with van der Waals surface area (Å²) in [5.74, 6) is -0.0189. The van der Waals surface area contributed by atoms with Gasteiger partial charge in [0.25, 0.3) is 11.8 Å². The number of benzene rings is 3. The molecular formula is C29H24N4O4. The summed E-state index contributed by atoms with van der Waals surface area (Å²) in [7, 11) is 0. The smallest absolute Gasteiger partial charge is 0.322 e. The summed E-state index contributed by atoms with van der Waals surface area (Å²) in [6.07, 6.45) is 0. The molecule has 0 spiro atoms. The number of ether oxygens (including phenoxy) is 1. The van der Waals surface area contributed by atoms with E-state index in [0.717, 1.165) is 27.7 Å². The molecule has 0 aliphatic carbocycles. The summed E-state index contributed by atoms with van der Waals surface area (Å²) < 4.78 is 6.13. The van der Waals surface area contributed by atoms with Gasteiger partial charge in [0.15, 0.2) is 5.54 Å². The minimum atomic E-state index is -1.35. The topological polar surface area (TPSA) is 101 Å². The summed E-state index contributed by atoms with van der Waals surface area (Å²) in [6, 6.07) is 23.8. The Morgan fingerprint density at radius 2 is 1.76 bits per heavy atom. The second kappa shape index (κ2) is 8.74. The number of amides is 4. The van der Waals surface area contributed by atoms with Crippen molar-refractivity contribution in [3.8, 4) is 5.75 Å². The van der Waals surface area contributed by atoms with E-state index in [1.807, 2.05) is 49.4 Å². The molecule has 1 fully saturated rings. The molecule has 8 heteroatoms. The molecule has 8 nitrogen and oxygen atoms in total. The first-order valence-corrected chi connectivity index (χ1v) is 12.0. The number of para-hydroxylation sites is 1. The number of fused-ring (bicyclic) bond motifs is 2. The Balaban J connectivity index is 1.23. The number of aromatic nitrogens is 1. The van der Waals surface area contributed by atoms with Crippen molar-refractivity contribution in [1.82, 2.24) is 20.5 Å². The van der Waals surface area contributed by atoms with Gasteiger partial charge in [0.1, 0.15) is 12.4 Å². The predicted octanol–water partition coefficient (Wildman–Crippen LogP) is 3.81. The molecule has 2 aliphatic rings. The van der Waals surface area contributed by atoms with Crippen molar-refractivity contribution in [3.63, 3.8) is 0 Å². The average molecular weight is 493 g/mol. The van der Waals surface area contributed by atoms with E-state index < -0.39 is 17.5 Å². The molecule has 1 aromatic heterocycles. The third-order valence-electron chi connectivity index (χ3n) is 6.92. The molecular weight excluding hydrogens is 468 g/mol. The van der Waals surface area contributed by atoms with Crippen LogP contribution in [0.3, 0.4) is 0 Å². The van der Waals surface area contributed by atoms with Crippen LogP contribution < -0.4 is 15.4 Å². The molecule has 6 rings (SSSR count). The fourth-order valence-electron chi connectivity index (χ4n) is 5.16. The van der Waals surface area contributed by atoms with Crippen molar-refractivity contribution >= 4 is 28.7 Å². The molecule has 2 aliphatic heterocycles. The van der Waals surface area contributed by atoms with Crippen LogP contribution in [0.25, 0.3) is 10.9 Å². The van der Waals surface area contributed by atoms with E-state index >= 15 is 0 Å². The van der Waals surface area contributed by atoms with Crippen LogP contribution >= 0.6 is 0 Å². The summed E-state index contributed by atoms with van der Waals surface area (Å²) >= 11 is 0. The van der Waals surface area contributed by atoms with Crippen LogP contribution in [0.2, 0.25) is 0 Å². The quantitative estimate of drug-likeness (QED) is 0.399. The Kier molecular flexibility index (Phi) is 5.37. The number of pyridine rings is 1. The number of hydrogen-bond donors (Lipinski definition) is 2. The summed E-state index contributed by atoms with van der Waals surface area (Å²) in [5.41, 5.74) is 3.52. The Morgan fingerprint density at radius 3 is 2.54 bits per heavy atom. The molecule has 184 valence electrons. The van der Waals surface area contributed by atoms with Gasteiger partial charge in [-0.25, -0.2) is 4.79 Å². The molecule has 0 bridgehead atoms. The van der Waals surface area contributed by atoms with Crippen molar-refractivity contribution in [2.75, 3.05) is 6.54 Å². The molecule has 3 heterocycles. The Labute approximate surface area is 213 Å². The molecule has 1 saturated heterocycles. The van der Waals surface area contributed by atoms with E-state index in [9.17, 15) is 14.4 Å². The predicted molar refractivity (Wildman–Crippen MR) is 137 cm³/mol. The molecule has 37 heavy (non-hydrogen) atoms. The fourth-order valence-corrected chi connectivity index (χ4v) is 5.16. The number of carbonyl (C=O) groups is 3. The van der Waals surface area contributed by atoms with Crippen molar-refractivity contribution in [3.05, 3.63) is 107 Å². The van der Waals surface area contributed by atoms with Crippen LogP contribution in [0.5, 0.6) is 5.75 Å². The fraction of sp³-hybridized carbons (Fsp3) is 0.172. The molecule has 3 aromatic carbocycles. The van der Waals surface area contributed by atoms with Gasteiger partial charge in [-0.2, -0.15) is 0 Å². The Morgan fingerprint density at radius 1 is 0.973 bits per heavy atom. The standard InChI is InChI=1S/C29H24N4O4/c1-18-13-20(23-9-5-6-10-25(23)30-18)16-37-22-11-12-24-19(14-22)15-33(26(24)34)17-29(21-7-3-2-4-8-21)27(35)31-28(36)32-29/h2-14H,15-17H2,1H3,(H2,31,32,35,36)/t29-/m0/s1. The maximum absolute atomic E-state index is 13.3. The van der Waals surface area contributed by atoms with E-state index in [4.69, 9.17) is 4.74 Å². The van der Waals surface area contributed by atoms with E-state index in [1.165, 1.54) is 0 Å². The highest BCUT2D eigenvalue weighted by Gasteiger charge is 2.50. The van der Waals surface area contributed by atoms with Gasteiger partial charge in [-0.05, 0) is 48.4 Å². The average Bonchev–Trinajstić information content (AvgIpc) is 3.37. The highest BCUT2D eigenvalue weighted by atomic mass is 16.5. The van der Waals surface area contributed by atoms with Crippen LogP contribution in [0, 0.1) is 6.92 Å². The highest BCUT2D eigenvalue weighted by molar-refractivity contribution is 6.08. The number of nitrogens with one attached hydrogen (secondary N) is 2. The Bertz CT molecular complexity index is 1570. The van der Waals surface area contributed by atoms with Gasteiger partial charge >= 0.3 is 6.03 Å². The van der Waals surface area contributed by atoms with Crippen LogP contribution in [0.1, 0.15) is 32.7 Å². The van der Waals surface area contributed by atoms with Gasteiger partial charge in [-0.15, -0.1) is 0 Å². The number of carbonyl (C=O) groups excluding carboxylic acids is 3.